The first-order valence-corrected chi connectivity index (χ1v) is 6.67. The number of allylic oxidation sites excluding steroid dienone is 2. The van der Waals surface area contributed by atoms with Crippen LogP contribution in [0.2, 0.25) is 0 Å². The smallest absolute Gasteiger partial charge is 0.165 e. The molecule has 1 unspecified atom stereocenters. The van der Waals surface area contributed by atoms with E-state index in [1.54, 1.807) is 0 Å². The summed E-state index contributed by atoms with van der Waals surface area (Å²) in [5.74, 6) is 0.418. The summed E-state index contributed by atoms with van der Waals surface area (Å²) >= 11 is 0. The largest absolute Gasteiger partial charge is 0.316 e. The van der Waals surface area contributed by atoms with E-state index < -0.39 is 0 Å². The molecule has 1 aliphatic heterocycles. The van der Waals surface area contributed by atoms with Crippen LogP contribution in [0.4, 0.5) is 0 Å². The summed E-state index contributed by atoms with van der Waals surface area (Å²) in [5.41, 5.74) is 0.984. The number of Topliss-reactive ketones (excluding diaryl/α,β-unsaturated/α-hetero) is 1. The summed E-state index contributed by atoms with van der Waals surface area (Å²) < 4.78 is 0. The molecule has 2 heteroatoms. The molecule has 0 bridgehead atoms. The third-order valence-corrected chi connectivity index (χ3v) is 3.98. The minimum atomic E-state index is -0.131. The molecule has 0 aromatic carbocycles. The number of nitrogens with one attached hydrogen (secondary N) is 1. The van der Waals surface area contributed by atoms with Gasteiger partial charge in [-0.1, -0.05) is 19.4 Å². The van der Waals surface area contributed by atoms with Gasteiger partial charge in [-0.05, 0) is 50.6 Å². The molecule has 2 aliphatic rings. The van der Waals surface area contributed by atoms with Crippen molar-refractivity contribution in [3.63, 3.8) is 0 Å². The molecule has 0 amide bonds. The average Bonchev–Trinajstić information content (AvgIpc) is 2.57. The Morgan fingerprint density at radius 2 is 2.19 bits per heavy atom. The van der Waals surface area contributed by atoms with Gasteiger partial charge in [0.2, 0.25) is 0 Å². The molecule has 1 aliphatic carbocycles. The van der Waals surface area contributed by atoms with Crippen molar-refractivity contribution in [2.75, 3.05) is 13.1 Å². The van der Waals surface area contributed by atoms with Crippen LogP contribution < -0.4 is 5.32 Å². The fraction of sp³-hybridized carbons (Fsp3) is 0.786. The molecule has 1 heterocycles. The van der Waals surface area contributed by atoms with E-state index >= 15 is 0 Å². The van der Waals surface area contributed by atoms with Gasteiger partial charge in [-0.25, -0.2) is 0 Å². The molecule has 1 fully saturated rings. The van der Waals surface area contributed by atoms with Crippen LogP contribution in [0.3, 0.4) is 0 Å². The van der Waals surface area contributed by atoms with Crippen molar-refractivity contribution in [1.82, 2.24) is 5.32 Å². The second-order valence-electron chi connectivity index (χ2n) is 5.50. The summed E-state index contributed by atoms with van der Waals surface area (Å²) in [4.78, 5) is 12.5. The van der Waals surface area contributed by atoms with E-state index in [9.17, 15) is 4.79 Å². The number of hydrogen-bond donors (Lipinski definition) is 1. The fourth-order valence-electron chi connectivity index (χ4n) is 2.86. The van der Waals surface area contributed by atoms with Crippen LogP contribution in [0, 0.1) is 5.41 Å². The second-order valence-corrected chi connectivity index (χ2v) is 5.50. The Labute approximate surface area is 98.5 Å². The molecule has 0 radical (unpaired) electrons. The van der Waals surface area contributed by atoms with Gasteiger partial charge in [0.1, 0.15) is 0 Å². The normalized spacial score (nSPS) is 31.7. The molecule has 0 aromatic rings. The molecule has 2 rings (SSSR count). The Bertz CT molecular complexity index is 287. The van der Waals surface area contributed by atoms with Crippen LogP contribution in [0.15, 0.2) is 11.6 Å². The zero-order valence-electron chi connectivity index (χ0n) is 10.3. The molecule has 0 saturated carbocycles. The number of carbonyl (C=O) groups excluding carboxylic acids is 1. The highest BCUT2D eigenvalue weighted by molar-refractivity contribution is 5.99. The lowest BCUT2D eigenvalue weighted by Gasteiger charge is -2.33. The van der Waals surface area contributed by atoms with Gasteiger partial charge < -0.3 is 5.32 Å². The third kappa shape index (κ3) is 2.54. The van der Waals surface area contributed by atoms with Gasteiger partial charge in [-0.3, -0.25) is 4.79 Å². The molecular weight excluding hydrogens is 198 g/mol. The number of carbonyl (C=O) groups is 1. The van der Waals surface area contributed by atoms with E-state index in [2.05, 4.69) is 18.3 Å². The van der Waals surface area contributed by atoms with Crippen molar-refractivity contribution in [3.8, 4) is 0 Å². The van der Waals surface area contributed by atoms with Gasteiger partial charge in [0.25, 0.3) is 0 Å². The van der Waals surface area contributed by atoms with Gasteiger partial charge in [0, 0.05) is 12.0 Å². The van der Waals surface area contributed by atoms with Gasteiger partial charge in [-0.2, -0.15) is 0 Å². The highest BCUT2D eigenvalue weighted by Crippen LogP contribution is 2.32. The number of piperidine rings is 1. The van der Waals surface area contributed by atoms with E-state index in [4.69, 9.17) is 0 Å². The lowest BCUT2D eigenvalue weighted by molar-refractivity contribution is -0.125. The first-order valence-electron chi connectivity index (χ1n) is 6.67. The predicted octanol–water partition coefficient (Wildman–Crippen LogP) is 2.84. The van der Waals surface area contributed by atoms with Crippen LogP contribution in [0.25, 0.3) is 0 Å². The Morgan fingerprint density at radius 1 is 1.31 bits per heavy atom. The Kier molecular flexibility index (Phi) is 3.80. The Morgan fingerprint density at radius 3 is 2.94 bits per heavy atom. The highest BCUT2D eigenvalue weighted by Gasteiger charge is 2.35. The summed E-state index contributed by atoms with van der Waals surface area (Å²) in [6.45, 7) is 4.07. The zero-order chi connectivity index (χ0) is 11.4. The highest BCUT2D eigenvalue weighted by atomic mass is 16.1. The van der Waals surface area contributed by atoms with Crippen molar-refractivity contribution >= 4 is 5.78 Å². The van der Waals surface area contributed by atoms with E-state index in [1.165, 1.54) is 19.3 Å². The topological polar surface area (TPSA) is 29.1 Å². The molecule has 2 nitrogen and oxygen atoms in total. The minimum Gasteiger partial charge on any atom is -0.316 e. The van der Waals surface area contributed by atoms with Gasteiger partial charge in [0.15, 0.2) is 5.78 Å². The maximum atomic E-state index is 12.5. The molecule has 1 N–H and O–H groups in total. The van der Waals surface area contributed by atoms with Gasteiger partial charge in [0.05, 0.1) is 0 Å². The quantitative estimate of drug-likeness (QED) is 0.777. The first-order chi connectivity index (χ1) is 7.72. The fourth-order valence-corrected chi connectivity index (χ4v) is 2.86. The molecule has 0 spiro atoms. The summed E-state index contributed by atoms with van der Waals surface area (Å²) in [5, 5.41) is 3.36. The number of rotatable bonds is 2. The zero-order valence-corrected chi connectivity index (χ0v) is 10.3. The van der Waals surface area contributed by atoms with Crippen molar-refractivity contribution < 1.29 is 4.79 Å². The molecular formula is C14H23NO. The maximum absolute atomic E-state index is 12.5. The van der Waals surface area contributed by atoms with E-state index in [1.807, 2.05) is 0 Å². The van der Waals surface area contributed by atoms with Crippen molar-refractivity contribution in [2.24, 2.45) is 5.41 Å². The molecule has 16 heavy (non-hydrogen) atoms. The summed E-state index contributed by atoms with van der Waals surface area (Å²) in [6.07, 6.45) is 10.2. The standard InChI is InChI=1S/C14H23NO/c1-14(9-6-10-15-11-14)13(16)12-7-4-2-3-5-8-12/h7,15H,2-6,8-11H2,1H3. The Balaban J connectivity index is 2.07. The van der Waals surface area contributed by atoms with Crippen LogP contribution in [-0.4, -0.2) is 18.9 Å². The van der Waals surface area contributed by atoms with Crippen LogP contribution in [0.1, 0.15) is 51.9 Å². The molecule has 1 atom stereocenters. The van der Waals surface area contributed by atoms with Crippen LogP contribution in [-0.2, 0) is 4.79 Å². The van der Waals surface area contributed by atoms with Crippen molar-refractivity contribution in [3.05, 3.63) is 11.6 Å². The van der Waals surface area contributed by atoms with E-state index in [-0.39, 0.29) is 5.41 Å². The average molecular weight is 221 g/mol. The van der Waals surface area contributed by atoms with Crippen LogP contribution >= 0.6 is 0 Å². The van der Waals surface area contributed by atoms with Crippen molar-refractivity contribution in [1.29, 1.82) is 0 Å². The predicted molar refractivity (Wildman–Crippen MR) is 66.4 cm³/mol. The number of hydrogen-bond acceptors (Lipinski definition) is 2. The Hall–Kier alpha value is -0.630. The SMILES string of the molecule is CC1(C(=O)C2=CCCCCC2)CCCNC1. The third-order valence-electron chi connectivity index (χ3n) is 3.98. The molecule has 1 saturated heterocycles. The van der Waals surface area contributed by atoms with Gasteiger partial charge in [-0.15, -0.1) is 0 Å². The first kappa shape index (κ1) is 11.8. The lowest BCUT2D eigenvalue weighted by atomic mass is 9.75. The summed E-state index contributed by atoms with van der Waals surface area (Å²) in [7, 11) is 0. The molecule has 0 aromatic heterocycles. The minimum absolute atomic E-state index is 0.131. The van der Waals surface area contributed by atoms with E-state index in [0.29, 0.717) is 5.78 Å². The van der Waals surface area contributed by atoms with Crippen LogP contribution in [0.5, 0.6) is 0 Å². The monoisotopic (exact) mass is 221 g/mol. The van der Waals surface area contributed by atoms with Gasteiger partial charge >= 0.3 is 0 Å². The van der Waals surface area contributed by atoms with Crippen molar-refractivity contribution in [2.45, 2.75) is 51.9 Å². The molecule has 90 valence electrons. The van der Waals surface area contributed by atoms with E-state index in [0.717, 1.165) is 44.3 Å². The summed E-state index contributed by atoms with van der Waals surface area (Å²) in [6, 6.07) is 0. The number of ketones is 1. The maximum Gasteiger partial charge on any atom is 0.165 e. The lowest BCUT2D eigenvalue weighted by Crippen LogP contribution is -2.43. The second kappa shape index (κ2) is 5.13.